The zero-order valence-electron chi connectivity index (χ0n) is 20.1. The summed E-state index contributed by atoms with van der Waals surface area (Å²) in [6.07, 6.45) is 4.73. The van der Waals surface area contributed by atoms with Crippen LogP contribution in [0.5, 0.6) is 0 Å². The molecule has 11 heteroatoms. The van der Waals surface area contributed by atoms with Crippen molar-refractivity contribution >= 4 is 27.6 Å². The van der Waals surface area contributed by atoms with E-state index in [2.05, 4.69) is 15.6 Å². The Kier molecular flexibility index (Phi) is 7.79. The Morgan fingerprint density at radius 2 is 1.97 bits per heavy atom. The molecule has 3 heterocycles. The average molecular weight is 503 g/mol. The van der Waals surface area contributed by atoms with Crippen LogP contribution in [0.1, 0.15) is 51.1 Å². The zero-order chi connectivity index (χ0) is 25.8. The molecule has 2 amide bonds. The molecule has 0 radical (unpaired) electrons. The number of allylic oxidation sites excluding steroid dienone is 1. The molecule has 0 bridgehead atoms. The van der Waals surface area contributed by atoms with E-state index in [1.54, 1.807) is 31.2 Å². The first-order valence-corrected chi connectivity index (χ1v) is 12.6. The van der Waals surface area contributed by atoms with Crippen molar-refractivity contribution < 1.29 is 27.2 Å². The van der Waals surface area contributed by atoms with Crippen molar-refractivity contribution in [1.82, 2.24) is 19.9 Å². The van der Waals surface area contributed by atoms with Crippen molar-refractivity contribution in [2.75, 3.05) is 6.54 Å². The number of amides is 2. The zero-order valence-corrected chi connectivity index (χ0v) is 21.0. The minimum Gasteiger partial charge on any atom is -0.459 e. The summed E-state index contributed by atoms with van der Waals surface area (Å²) in [5.41, 5.74) is 0.0498. The van der Waals surface area contributed by atoms with E-state index < -0.39 is 46.2 Å². The summed E-state index contributed by atoms with van der Waals surface area (Å²) in [5.74, 6) is -1.49. The third-order valence-electron chi connectivity index (χ3n) is 5.42. The van der Waals surface area contributed by atoms with Gasteiger partial charge in [-0.1, -0.05) is 32.9 Å². The highest BCUT2D eigenvalue weighted by Gasteiger charge is 2.35. The second kappa shape index (κ2) is 10.4. The SMILES string of the molecule is CC1=CC[C@H](NC(=O)[C@H](CC(C)(C)C)NC(=O)c2ccco2)C(=O)CN1S(=O)(=O)c1ccccn1. The molecule has 1 aliphatic heterocycles. The molecule has 188 valence electrons. The summed E-state index contributed by atoms with van der Waals surface area (Å²) in [6, 6.07) is 5.67. The van der Waals surface area contributed by atoms with Gasteiger partial charge < -0.3 is 15.1 Å². The van der Waals surface area contributed by atoms with Crippen LogP contribution < -0.4 is 10.6 Å². The highest BCUT2D eigenvalue weighted by molar-refractivity contribution is 7.89. The van der Waals surface area contributed by atoms with Gasteiger partial charge in [0.2, 0.25) is 5.91 Å². The molecule has 2 aromatic heterocycles. The van der Waals surface area contributed by atoms with Crippen molar-refractivity contribution in [3.8, 4) is 0 Å². The van der Waals surface area contributed by atoms with E-state index in [4.69, 9.17) is 4.42 Å². The van der Waals surface area contributed by atoms with E-state index >= 15 is 0 Å². The maximum absolute atomic E-state index is 13.2. The number of Topliss-reactive ketones (excluding diaryl/α,β-unsaturated/α-hetero) is 1. The number of nitrogens with one attached hydrogen (secondary N) is 2. The smallest absolute Gasteiger partial charge is 0.287 e. The number of carbonyl (C=O) groups excluding carboxylic acids is 3. The van der Waals surface area contributed by atoms with Gasteiger partial charge in [0.1, 0.15) is 6.04 Å². The van der Waals surface area contributed by atoms with Gasteiger partial charge in [0.05, 0.1) is 18.8 Å². The molecule has 0 spiro atoms. The maximum Gasteiger partial charge on any atom is 0.287 e. The van der Waals surface area contributed by atoms with Gasteiger partial charge in [0, 0.05) is 11.9 Å². The summed E-state index contributed by atoms with van der Waals surface area (Å²) in [4.78, 5) is 42.6. The van der Waals surface area contributed by atoms with Crippen molar-refractivity contribution in [2.45, 2.75) is 57.6 Å². The lowest BCUT2D eigenvalue weighted by Crippen LogP contribution is -2.53. The van der Waals surface area contributed by atoms with E-state index in [9.17, 15) is 22.8 Å². The van der Waals surface area contributed by atoms with Gasteiger partial charge in [-0.2, -0.15) is 8.42 Å². The Morgan fingerprint density at radius 1 is 1.23 bits per heavy atom. The fourth-order valence-electron chi connectivity index (χ4n) is 3.66. The van der Waals surface area contributed by atoms with Gasteiger partial charge in [0.25, 0.3) is 15.9 Å². The number of furan rings is 1. The molecule has 0 aliphatic carbocycles. The molecule has 10 nitrogen and oxygen atoms in total. The van der Waals surface area contributed by atoms with Crippen LogP contribution in [0.3, 0.4) is 0 Å². The van der Waals surface area contributed by atoms with Gasteiger partial charge >= 0.3 is 0 Å². The normalized spacial score (nSPS) is 17.8. The summed E-state index contributed by atoms with van der Waals surface area (Å²) in [5, 5.41) is 5.20. The molecule has 0 saturated heterocycles. The molecule has 0 saturated carbocycles. The van der Waals surface area contributed by atoms with Crippen LogP contribution in [0.2, 0.25) is 0 Å². The number of aromatic nitrogens is 1. The quantitative estimate of drug-likeness (QED) is 0.592. The molecular weight excluding hydrogens is 472 g/mol. The molecule has 2 atom stereocenters. The first-order valence-electron chi connectivity index (χ1n) is 11.2. The Hall–Kier alpha value is -3.47. The molecule has 2 N–H and O–H groups in total. The molecule has 2 aromatic rings. The highest BCUT2D eigenvalue weighted by Crippen LogP contribution is 2.23. The lowest BCUT2D eigenvalue weighted by Gasteiger charge is -2.27. The van der Waals surface area contributed by atoms with Crippen LogP contribution in [0.15, 0.2) is 64.0 Å². The predicted octanol–water partition coefficient (Wildman–Crippen LogP) is 2.26. The minimum atomic E-state index is -4.05. The van der Waals surface area contributed by atoms with Gasteiger partial charge in [-0.05, 0) is 49.4 Å². The van der Waals surface area contributed by atoms with Crippen LogP contribution in [-0.4, -0.2) is 53.9 Å². The molecule has 0 unspecified atom stereocenters. The molecule has 0 aromatic carbocycles. The van der Waals surface area contributed by atoms with Crippen molar-refractivity contribution in [3.63, 3.8) is 0 Å². The number of sulfonamides is 1. The lowest BCUT2D eigenvalue weighted by molar-refractivity contribution is -0.129. The largest absolute Gasteiger partial charge is 0.459 e. The first kappa shape index (κ1) is 26.1. The Bertz CT molecular complexity index is 1200. The molecule has 0 fully saturated rings. The third-order valence-corrected chi connectivity index (χ3v) is 7.19. The van der Waals surface area contributed by atoms with E-state index in [1.807, 2.05) is 20.8 Å². The first-order chi connectivity index (χ1) is 16.4. The lowest BCUT2D eigenvalue weighted by atomic mass is 9.87. The molecule has 3 rings (SSSR count). The topological polar surface area (TPSA) is 139 Å². The fourth-order valence-corrected chi connectivity index (χ4v) is 5.08. The van der Waals surface area contributed by atoms with Crippen molar-refractivity contribution in [1.29, 1.82) is 0 Å². The van der Waals surface area contributed by atoms with E-state index in [-0.39, 0.29) is 22.6 Å². The van der Waals surface area contributed by atoms with E-state index in [0.717, 1.165) is 4.31 Å². The second-order valence-electron chi connectivity index (χ2n) is 9.56. The maximum atomic E-state index is 13.2. The summed E-state index contributed by atoms with van der Waals surface area (Å²) < 4.78 is 32.2. The van der Waals surface area contributed by atoms with Crippen molar-refractivity contribution in [3.05, 3.63) is 60.3 Å². The second-order valence-corrected chi connectivity index (χ2v) is 11.4. The number of ketones is 1. The van der Waals surface area contributed by atoms with Crippen LogP contribution in [0, 0.1) is 5.41 Å². The van der Waals surface area contributed by atoms with Crippen LogP contribution in [0.25, 0.3) is 0 Å². The Balaban J connectivity index is 1.76. The molecule has 35 heavy (non-hydrogen) atoms. The third kappa shape index (κ3) is 6.56. The molecule has 1 aliphatic rings. The monoisotopic (exact) mass is 502 g/mol. The van der Waals surface area contributed by atoms with Crippen LogP contribution >= 0.6 is 0 Å². The predicted molar refractivity (Wildman–Crippen MR) is 127 cm³/mol. The summed E-state index contributed by atoms with van der Waals surface area (Å²) in [6.45, 7) is 6.92. The Labute approximate surface area is 204 Å². The van der Waals surface area contributed by atoms with Gasteiger partial charge in [-0.3, -0.25) is 18.7 Å². The van der Waals surface area contributed by atoms with Crippen LogP contribution in [0.4, 0.5) is 0 Å². The van der Waals surface area contributed by atoms with Gasteiger partial charge in [0.15, 0.2) is 16.6 Å². The average Bonchev–Trinajstić information content (AvgIpc) is 3.29. The van der Waals surface area contributed by atoms with Gasteiger partial charge in [-0.25, -0.2) is 4.98 Å². The van der Waals surface area contributed by atoms with Crippen LogP contribution in [-0.2, 0) is 19.6 Å². The summed E-state index contributed by atoms with van der Waals surface area (Å²) in [7, 11) is -4.05. The highest BCUT2D eigenvalue weighted by atomic mass is 32.2. The summed E-state index contributed by atoms with van der Waals surface area (Å²) >= 11 is 0. The molecular formula is C24H30N4O6S. The fraction of sp³-hybridized carbons (Fsp3) is 0.417. The number of carbonyl (C=O) groups is 3. The van der Waals surface area contributed by atoms with E-state index in [0.29, 0.717) is 12.1 Å². The number of hydrogen-bond donors (Lipinski definition) is 2. The number of hydrogen-bond acceptors (Lipinski definition) is 7. The minimum absolute atomic E-state index is 0.0659. The van der Waals surface area contributed by atoms with Gasteiger partial charge in [-0.15, -0.1) is 0 Å². The van der Waals surface area contributed by atoms with Crippen molar-refractivity contribution in [2.24, 2.45) is 5.41 Å². The standard InChI is InChI=1S/C24H30N4O6S/c1-16-10-11-17(19(29)15-28(16)35(32,33)21-9-5-6-12-25-21)26-22(30)18(14-24(2,3)4)27-23(31)20-8-7-13-34-20/h5-10,12-13,17-18H,11,14-15H2,1-4H3,(H,26,30)(H,27,31)/t17-,18-/m0/s1. The Morgan fingerprint density at radius 3 is 2.57 bits per heavy atom. The number of nitrogens with zero attached hydrogens (tertiary/aromatic N) is 2. The number of pyridine rings is 1. The van der Waals surface area contributed by atoms with E-state index in [1.165, 1.54) is 24.6 Å². The number of rotatable bonds is 7.